The van der Waals surface area contributed by atoms with Crippen molar-refractivity contribution in [2.24, 2.45) is 0 Å². The molecule has 1 aliphatic carbocycles. The maximum absolute atomic E-state index is 13.6. The van der Waals surface area contributed by atoms with Crippen molar-refractivity contribution in [3.63, 3.8) is 0 Å². The number of carbonyl (C=O) groups is 2. The van der Waals surface area contributed by atoms with Crippen LogP contribution in [0.25, 0.3) is 0 Å². The fraction of sp³-hybridized carbons (Fsp3) is 0.333. The summed E-state index contributed by atoms with van der Waals surface area (Å²) in [6.45, 7) is 2.70. The van der Waals surface area contributed by atoms with Gasteiger partial charge in [0.2, 0.25) is 5.91 Å². The number of hydrogen-bond acceptors (Lipinski definition) is 5. The average molecular weight is 512 g/mol. The van der Waals surface area contributed by atoms with Crippen LogP contribution in [0.1, 0.15) is 28.8 Å². The molecule has 0 saturated heterocycles. The van der Waals surface area contributed by atoms with Crippen LogP contribution in [0.4, 0.5) is 14.9 Å². The first-order chi connectivity index (χ1) is 17.4. The van der Waals surface area contributed by atoms with Gasteiger partial charge in [0, 0.05) is 23.5 Å². The van der Waals surface area contributed by atoms with E-state index in [1.807, 2.05) is 18.4 Å². The number of ether oxygens (including phenoxy) is 2. The van der Waals surface area contributed by atoms with E-state index in [1.165, 1.54) is 19.2 Å². The molecule has 2 aromatic carbocycles. The SMILES string of the molecule is COc1ccc(NC(=O)N(CC(=O)N(Cc2ccc(F)cc2)Cc2sccc2C)C2CC2)c(OC)c1. The Kier molecular flexibility index (Phi) is 8.10. The van der Waals surface area contributed by atoms with Gasteiger partial charge in [0.05, 0.1) is 26.5 Å². The number of halogens is 1. The number of carbonyl (C=O) groups excluding carboxylic acids is 2. The van der Waals surface area contributed by atoms with E-state index in [2.05, 4.69) is 5.32 Å². The standard InChI is InChI=1S/C27H30FN3O4S/c1-18-12-13-36-25(18)16-30(15-19-4-6-20(28)7-5-19)26(32)17-31(21-8-9-21)27(33)29-23-11-10-22(34-2)14-24(23)35-3/h4-7,10-14,21H,8-9,15-17H2,1-3H3,(H,29,33). The molecule has 0 spiro atoms. The van der Waals surface area contributed by atoms with Gasteiger partial charge >= 0.3 is 6.03 Å². The van der Waals surface area contributed by atoms with E-state index < -0.39 is 0 Å². The predicted octanol–water partition coefficient (Wildman–Crippen LogP) is 5.44. The molecule has 3 aromatic rings. The van der Waals surface area contributed by atoms with Crippen LogP contribution < -0.4 is 14.8 Å². The minimum atomic E-state index is -0.358. The number of aryl methyl sites for hydroxylation is 1. The van der Waals surface area contributed by atoms with Crippen molar-refractivity contribution in [1.29, 1.82) is 0 Å². The Morgan fingerprint density at radius 2 is 1.81 bits per heavy atom. The third-order valence-corrected chi connectivity index (χ3v) is 7.15. The van der Waals surface area contributed by atoms with Gasteiger partial charge in [0.25, 0.3) is 0 Å². The quantitative estimate of drug-likeness (QED) is 0.394. The van der Waals surface area contributed by atoms with Crippen LogP contribution in [-0.4, -0.2) is 48.5 Å². The first-order valence-corrected chi connectivity index (χ1v) is 12.6. The Labute approximate surface area is 214 Å². The van der Waals surface area contributed by atoms with Gasteiger partial charge in [-0.2, -0.15) is 0 Å². The maximum atomic E-state index is 13.6. The number of benzene rings is 2. The number of nitrogens with zero attached hydrogens (tertiary/aromatic N) is 2. The zero-order valence-electron chi connectivity index (χ0n) is 20.6. The number of nitrogens with one attached hydrogen (secondary N) is 1. The normalized spacial score (nSPS) is 12.7. The predicted molar refractivity (Wildman–Crippen MR) is 138 cm³/mol. The van der Waals surface area contributed by atoms with Crippen LogP contribution in [0.2, 0.25) is 0 Å². The van der Waals surface area contributed by atoms with E-state index in [0.29, 0.717) is 30.3 Å². The highest BCUT2D eigenvalue weighted by molar-refractivity contribution is 7.10. The highest BCUT2D eigenvalue weighted by Crippen LogP contribution is 2.32. The van der Waals surface area contributed by atoms with E-state index in [0.717, 1.165) is 28.8 Å². The van der Waals surface area contributed by atoms with Gasteiger partial charge in [-0.05, 0) is 66.6 Å². The second-order valence-electron chi connectivity index (χ2n) is 8.76. The maximum Gasteiger partial charge on any atom is 0.322 e. The van der Waals surface area contributed by atoms with Gasteiger partial charge in [0.1, 0.15) is 23.9 Å². The second kappa shape index (κ2) is 11.4. The minimum absolute atomic E-state index is 0.00865. The molecule has 0 aliphatic heterocycles. The third kappa shape index (κ3) is 6.34. The molecule has 1 aromatic heterocycles. The van der Waals surface area contributed by atoms with Crippen LogP contribution >= 0.6 is 11.3 Å². The lowest BCUT2D eigenvalue weighted by atomic mass is 10.2. The third-order valence-electron chi connectivity index (χ3n) is 6.15. The van der Waals surface area contributed by atoms with Crippen molar-refractivity contribution in [1.82, 2.24) is 9.80 Å². The van der Waals surface area contributed by atoms with Gasteiger partial charge < -0.3 is 24.6 Å². The molecule has 1 N–H and O–H groups in total. The number of thiophene rings is 1. The molecule has 190 valence electrons. The Morgan fingerprint density at radius 3 is 2.42 bits per heavy atom. The van der Waals surface area contributed by atoms with E-state index in [-0.39, 0.29) is 30.3 Å². The number of urea groups is 1. The zero-order chi connectivity index (χ0) is 25.7. The lowest BCUT2D eigenvalue weighted by Gasteiger charge is -2.28. The molecule has 1 fully saturated rings. The molecular formula is C27H30FN3O4S. The van der Waals surface area contributed by atoms with E-state index in [9.17, 15) is 14.0 Å². The van der Waals surface area contributed by atoms with Crippen molar-refractivity contribution in [3.05, 3.63) is 75.7 Å². The summed E-state index contributed by atoms with van der Waals surface area (Å²) in [5.74, 6) is 0.586. The summed E-state index contributed by atoms with van der Waals surface area (Å²) in [7, 11) is 3.08. The smallest absolute Gasteiger partial charge is 0.322 e. The molecule has 1 heterocycles. The molecular weight excluding hydrogens is 481 g/mol. The molecule has 0 atom stereocenters. The van der Waals surface area contributed by atoms with Crippen molar-refractivity contribution in [3.8, 4) is 11.5 Å². The van der Waals surface area contributed by atoms with E-state index >= 15 is 0 Å². The van der Waals surface area contributed by atoms with Crippen LogP contribution in [-0.2, 0) is 17.9 Å². The summed E-state index contributed by atoms with van der Waals surface area (Å²) in [6, 6.07) is 12.9. The summed E-state index contributed by atoms with van der Waals surface area (Å²) in [6.07, 6.45) is 1.70. The Bertz CT molecular complexity index is 1210. The molecule has 4 rings (SSSR count). The van der Waals surface area contributed by atoms with Crippen molar-refractivity contribution >= 4 is 29.0 Å². The summed E-state index contributed by atoms with van der Waals surface area (Å²) in [5, 5.41) is 4.88. The highest BCUT2D eigenvalue weighted by Gasteiger charge is 2.35. The Hall–Kier alpha value is -3.59. The number of anilines is 1. The molecule has 0 unspecified atom stereocenters. The number of rotatable bonds is 10. The molecule has 0 bridgehead atoms. The van der Waals surface area contributed by atoms with Crippen LogP contribution in [0.5, 0.6) is 11.5 Å². The van der Waals surface area contributed by atoms with Gasteiger partial charge in [-0.15, -0.1) is 11.3 Å². The first kappa shape index (κ1) is 25.5. The van der Waals surface area contributed by atoms with Crippen LogP contribution in [0.3, 0.4) is 0 Å². The van der Waals surface area contributed by atoms with E-state index in [1.54, 1.807) is 58.6 Å². The summed E-state index contributed by atoms with van der Waals surface area (Å²) >= 11 is 1.59. The molecule has 36 heavy (non-hydrogen) atoms. The van der Waals surface area contributed by atoms with Crippen molar-refractivity contribution in [2.75, 3.05) is 26.1 Å². The zero-order valence-corrected chi connectivity index (χ0v) is 21.4. The molecule has 3 amide bonds. The second-order valence-corrected chi connectivity index (χ2v) is 9.76. The van der Waals surface area contributed by atoms with Crippen molar-refractivity contribution in [2.45, 2.75) is 38.9 Å². The molecule has 0 radical (unpaired) electrons. The number of amides is 3. The van der Waals surface area contributed by atoms with Gasteiger partial charge in [-0.1, -0.05) is 12.1 Å². The summed E-state index contributed by atoms with van der Waals surface area (Å²) in [5.41, 5.74) is 2.43. The molecule has 1 saturated carbocycles. The summed E-state index contributed by atoms with van der Waals surface area (Å²) in [4.78, 5) is 31.2. The van der Waals surface area contributed by atoms with Crippen LogP contribution in [0, 0.1) is 12.7 Å². The number of hydrogen-bond donors (Lipinski definition) is 1. The fourth-order valence-corrected chi connectivity index (χ4v) is 4.79. The Morgan fingerprint density at radius 1 is 1.06 bits per heavy atom. The summed E-state index contributed by atoms with van der Waals surface area (Å²) < 4.78 is 24.0. The van der Waals surface area contributed by atoms with E-state index in [4.69, 9.17) is 9.47 Å². The van der Waals surface area contributed by atoms with Gasteiger partial charge in [0.15, 0.2) is 0 Å². The Balaban J connectivity index is 1.51. The monoisotopic (exact) mass is 511 g/mol. The van der Waals surface area contributed by atoms with Gasteiger partial charge in [-0.25, -0.2) is 9.18 Å². The lowest BCUT2D eigenvalue weighted by molar-refractivity contribution is -0.133. The number of methoxy groups -OCH3 is 2. The van der Waals surface area contributed by atoms with Crippen LogP contribution in [0.15, 0.2) is 53.9 Å². The molecule has 1 aliphatic rings. The fourth-order valence-electron chi connectivity index (χ4n) is 3.87. The molecule has 7 nitrogen and oxygen atoms in total. The lowest BCUT2D eigenvalue weighted by Crippen LogP contribution is -2.45. The first-order valence-electron chi connectivity index (χ1n) is 11.7. The minimum Gasteiger partial charge on any atom is -0.497 e. The average Bonchev–Trinajstić information content (AvgIpc) is 3.64. The topological polar surface area (TPSA) is 71.1 Å². The van der Waals surface area contributed by atoms with Crippen molar-refractivity contribution < 1.29 is 23.5 Å². The highest BCUT2D eigenvalue weighted by atomic mass is 32.1. The molecule has 9 heteroatoms. The van der Waals surface area contributed by atoms with Gasteiger partial charge in [-0.3, -0.25) is 4.79 Å². The largest absolute Gasteiger partial charge is 0.497 e.